The molecule has 166 valence electrons. The van der Waals surface area contributed by atoms with Crippen molar-refractivity contribution in [3.8, 4) is 22.8 Å². The third kappa shape index (κ3) is 4.08. The summed E-state index contributed by atoms with van der Waals surface area (Å²) in [6.45, 7) is 0. The summed E-state index contributed by atoms with van der Waals surface area (Å²) in [5.41, 5.74) is 5.94. The molecule has 0 saturated heterocycles. The van der Waals surface area contributed by atoms with Crippen molar-refractivity contribution in [2.24, 2.45) is 5.10 Å². The molecule has 0 amide bonds. The molecule has 2 heterocycles. The number of fused-ring (bicyclic) bond motifs is 2. The third-order valence-electron chi connectivity index (χ3n) is 5.10. The molecule has 7 nitrogen and oxygen atoms in total. The zero-order valence-corrected chi connectivity index (χ0v) is 19.2. The summed E-state index contributed by atoms with van der Waals surface area (Å²) in [4.78, 5) is 7.69. The molecule has 0 aliphatic carbocycles. The highest BCUT2D eigenvalue weighted by Crippen LogP contribution is 2.34. The van der Waals surface area contributed by atoms with Crippen molar-refractivity contribution in [1.29, 1.82) is 0 Å². The summed E-state index contributed by atoms with van der Waals surface area (Å²) in [7, 11) is 3.16. The number of imidazole rings is 1. The van der Waals surface area contributed by atoms with Gasteiger partial charge in [0.05, 0.1) is 35.6 Å². The number of para-hydroxylation sites is 2. The van der Waals surface area contributed by atoms with Crippen molar-refractivity contribution in [2.75, 3.05) is 19.6 Å². The lowest BCUT2D eigenvalue weighted by molar-refractivity contribution is 0.355. The molecule has 5 aromatic rings. The van der Waals surface area contributed by atoms with Crippen molar-refractivity contribution >= 4 is 51.2 Å². The molecule has 0 atom stereocenters. The molecule has 0 saturated carbocycles. The Bertz CT molecular complexity index is 1530. The molecule has 0 spiro atoms. The van der Waals surface area contributed by atoms with Crippen LogP contribution in [0.1, 0.15) is 0 Å². The van der Waals surface area contributed by atoms with Gasteiger partial charge >= 0.3 is 0 Å². The zero-order chi connectivity index (χ0) is 22.9. The molecule has 0 radical (unpaired) electrons. The van der Waals surface area contributed by atoms with Gasteiger partial charge in [0.1, 0.15) is 5.76 Å². The minimum Gasteiger partial charge on any atom is -0.493 e. The Hall–Kier alpha value is -3.68. The number of aromatic amines is 1. The minimum atomic E-state index is 0.375. The summed E-state index contributed by atoms with van der Waals surface area (Å²) in [6, 6.07) is 18.4. The monoisotopic (exact) mass is 480 g/mol. The average molecular weight is 481 g/mol. The van der Waals surface area contributed by atoms with E-state index in [2.05, 4.69) is 20.5 Å². The molecule has 0 bridgehead atoms. The van der Waals surface area contributed by atoms with Crippen molar-refractivity contribution in [3.05, 3.63) is 76.1 Å². The Morgan fingerprint density at radius 2 is 1.79 bits per heavy atom. The maximum Gasteiger partial charge on any atom is 0.222 e. The van der Waals surface area contributed by atoms with Gasteiger partial charge in [-0.25, -0.2) is 10.4 Å². The van der Waals surface area contributed by atoms with Crippen LogP contribution >= 0.6 is 23.2 Å². The van der Waals surface area contributed by atoms with Gasteiger partial charge in [-0.2, -0.15) is 5.10 Å². The number of hydrogen-bond donors (Lipinski definition) is 2. The van der Waals surface area contributed by atoms with E-state index in [0.717, 1.165) is 16.6 Å². The van der Waals surface area contributed by atoms with Gasteiger partial charge in [0, 0.05) is 22.0 Å². The van der Waals surface area contributed by atoms with Crippen LogP contribution < -0.4 is 20.3 Å². The minimum absolute atomic E-state index is 0.375. The number of nitrogens with zero attached hydrogens (tertiary/aromatic N) is 2. The molecule has 9 heteroatoms. The SMILES string of the molecule is COc1ccc(-c2cc(=NNc3nc4ccccc4[nH]3)c3cc(Cl)cc(Cl)c3o2)cc1OC. The molecule has 5 rings (SSSR count). The Labute approximate surface area is 198 Å². The van der Waals surface area contributed by atoms with Gasteiger partial charge in [-0.15, -0.1) is 0 Å². The standard InChI is InChI=1S/C24H18Cl2N4O3/c1-31-20-8-7-13(9-22(20)32-2)21-12-19(15-10-14(25)11-16(26)23(15)33-21)29-30-24-27-17-5-3-4-6-18(17)28-24/h3-12H,1-2H3,(H2,27,28,30). The van der Waals surface area contributed by atoms with E-state index in [1.807, 2.05) is 36.4 Å². The third-order valence-corrected chi connectivity index (χ3v) is 5.60. The van der Waals surface area contributed by atoms with Crippen LogP contribution in [-0.4, -0.2) is 24.2 Å². The first-order valence-electron chi connectivity index (χ1n) is 9.95. The van der Waals surface area contributed by atoms with Crippen LogP contribution in [0, 0.1) is 0 Å². The molecular weight excluding hydrogens is 463 g/mol. The van der Waals surface area contributed by atoms with Gasteiger partial charge in [-0.05, 0) is 42.5 Å². The Morgan fingerprint density at radius 1 is 0.970 bits per heavy atom. The number of halogens is 2. The summed E-state index contributed by atoms with van der Waals surface area (Å²) in [6.07, 6.45) is 0. The predicted molar refractivity (Wildman–Crippen MR) is 130 cm³/mol. The van der Waals surface area contributed by atoms with Crippen LogP contribution in [0.25, 0.3) is 33.3 Å². The molecule has 2 N–H and O–H groups in total. The van der Waals surface area contributed by atoms with E-state index in [-0.39, 0.29) is 0 Å². The molecular formula is C24H18Cl2N4O3. The van der Waals surface area contributed by atoms with Crippen molar-refractivity contribution in [2.45, 2.75) is 0 Å². The smallest absolute Gasteiger partial charge is 0.222 e. The van der Waals surface area contributed by atoms with Gasteiger partial charge < -0.3 is 18.9 Å². The van der Waals surface area contributed by atoms with E-state index in [0.29, 0.717) is 49.6 Å². The number of H-pyrrole nitrogens is 1. The molecule has 0 unspecified atom stereocenters. The normalized spacial score (nSPS) is 11.8. The summed E-state index contributed by atoms with van der Waals surface area (Å²) < 4.78 is 16.9. The van der Waals surface area contributed by atoms with E-state index < -0.39 is 0 Å². The second-order valence-electron chi connectivity index (χ2n) is 7.16. The quantitative estimate of drug-likeness (QED) is 0.291. The average Bonchev–Trinajstić information content (AvgIpc) is 3.25. The first kappa shape index (κ1) is 21.2. The van der Waals surface area contributed by atoms with Gasteiger partial charge in [-0.3, -0.25) is 0 Å². The summed E-state index contributed by atoms with van der Waals surface area (Å²) >= 11 is 12.7. The van der Waals surface area contributed by atoms with Crippen molar-refractivity contribution in [3.63, 3.8) is 0 Å². The lowest BCUT2D eigenvalue weighted by Gasteiger charge is -2.10. The second kappa shape index (κ2) is 8.69. The van der Waals surface area contributed by atoms with Crippen LogP contribution in [0.2, 0.25) is 10.0 Å². The Morgan fingerprint density at radius 3 is 2.58 bits per heavy atom. The number of methoxy groups -OCH3 is 2. The maximum atomic E-state index is 6.47. The topological polar surface area (TPSA) is 84.7 Å². The second-order valence-corrected chi connectivity index (χ2v) is 8.00. The van der Waals surface area contributed by atoms with E-state index in [1.54, 1.807) is 38.5 Å². The van der Waals surface area contributed by atoms with Gasteiger partial charge in [-0.1, -0.05) is 35.3 Å². The summed E-state index contributed by atoms with van der Waals surface area (Å²) in [5.74, 6) is 2.23. The summed E-state index contributed by atoms with van der Waals surface area (Å²) in [5, 5.41) is 6.64. The molecule has 0 aliphatic heterocycles. The highest BCUT2D eigenvalue weighted by atomic mass is 35.5. The van der Waals surface area contributed by atoms with Crippen LogP contribution in [0.4, 0.5) is 5.95 Å². The Kier molecular flexibility index (Phi) is 5.58. The number of anilines is 1. The van der Waals surface area contributed by atoms with Gasteiger partial charge in [0.2, 0.25) is 5.95 Å². The number of nitrogens with one attached hydrogen (secondary N) is 2. The number of rotatable bonds is 5. The van der Waals surface area contributed by atoms with Crippen LogP contribution in [0.3, 0.4) is 0 Å². The van der Waals surface area contributed by atoms with Crippen molar-refractivity contribution in [1.82, 2.24) is 9.97 Å². The predicted octanol–water partition coefficient (Wildman–Crippen LogP) is 6.23. The van der Waals surface area contributed by atoms with Crippen LogP contribution in [0.5, 0.6) is 11.5 Å². The first-order valence-corrected chi connectivity index (χ1v) is 10.7. The van der Waals surface area contributed by atoms with E-state index in [4.69, 9.17) is 37.1 Å². The van der Waals surface area contributed by atoms with Gasteiger partial charge in [0.25, 0.3) is 0 Å². The number of hydrogen-bond acceptors (Lipinski definition) is 6. The number of benzene rings is 3. The fourth-order valence-corrected chi connectivity index (χ4v) is 4.07. The lowest BCUT2D eigenvalue weighted by Crippen LogP contribution is -2.08. The first-order chi connectivity index (χ1) is 16.1. The molecule has 0 aliphatic rings. The van der Waals surface area contributed by atoms with Crippen LogP contribution in [-0.2, 0) is 0 Å². The molecule has 3 aromatic carbocycles. The van der Waals surface area contributed by atoms with E-state index >= 15 is 0 Å². The number of ether oxygens (including phenoxy) is 2. The zero-order valence-electron chi connectivity index (χ0n) is 17.6. The maximum absolute atomic E-state index is 6.47. The highest BCUT2D eigenvalue weighted by Gasteiger charge is 2.13. The van der Waals surface area contributed by atoms with Gasteiger partial charge in [0.15, 0.2) is 17.1 Å². The highest BCUT2D eigenvalue weighted by molar-refractivity contribution is 6.38. The van der Waals surface area contributed by atoms with Crippen LogP contribution in [0.15, 0.2) is 70.2 Å². The lowest BCUT2D eigenvalue weighted by atomic mass is 10.1. The van der Waals surface area contributed by atoms with E-state index in [1.165, 1.54) is 0 Å². The molecule has 0 fully saturated rings. The number of aromatic nitrogens is 2. The Balaban J connectivity index is 1.67. The largest absolute Gasteiger partial charge is 0.493 e. The molecule has 33 heavy (non-hydrogen) atoms. The van der Waals surface area contributed by atoms with E-state index in [9.17, 15) is 0 Å². The molecule has 2 aromatic heterocycles. The fourth-order valence-electron chi connectivity index (χ4n) is 3.54. The van der Waals surface area contributed by atoms with Crippen molar-refractivity contribution < 1.29 is 13.9 Å². The fraction of sp³-hybridized carbons (Fsp3) is 0.0833.